The van der Waals surface area contributed by atoms with E-state index in [-0.39, 0.29) is 11.2 Å². The Bertz CT molecular complexity index is 1230. The summed E-state index contributed by atoms with van der Waals surface area (Å²) in [4.78, 5) is 36.2. The lowest BCUT2D eigenvalue weighted by molar-refractivity contribution is 0.312. The number of imidazole rings is 1. The molecule has 0 aliphatic carbocycles. The van der Waals surface area contributed by atoms with Gasteiger partial charge in [-0.1, -0.05) is 12.1 Å². The summed E-state index contributed by atoms with van der Waals surface area (Å²) < 4.78 is 5.58. The Labute approximate surface area is 165 Å². The van der Waals surface area contributed by atoms with Crippen LogP contribution in [-0.2, 0) is 27.2 Å². The molecule has 4 aromatic rings. The second-order valence-electron chi connectivity index (χ2n) is 6.99. The van der Waals surface area contributed by atoms with Crippen molar-refractivity contribution in [1.82, 2.24) is 28.6 Å². The number of rotatable bonds is 6. The summed E-state index contributed by atoms with van der Waals surface area (Å²) >= 11 is 1.70. The van der Waals surface area contributed by atoms with E-state index in [1.165, 1.54) is 13.8 Å². The number of thiazole rings is 1. The van der Waals surface area contributed by atoms with Crippen LogP contribution in [0.2, 0.25) is 0 Å². The quantitative estimate of drug-likeness (QED) is 0.493. The molecule has 4 rings (SSSR count). The van der Waals surface area contributed by atoms with Crippen LogP contribution >= 0.6 is 11.3 Å². The molecular formula is C19H22N6O2S. The number of benzene rings is 1. The van der Waals surface area contributed by atoms with Crippen LogP contribution in [-0.4, -0.2) is 42.2 Å². The lowest BCUT2D eigenvalue weighted by Crippen LogP contribution is -2.40. The van der Waals surface area contributed by atoms with E-state index >= 15 is 0 Å². The van der Waals surface area contributed by atoms with Gasteiger partial charge in [0.15, 0.2) is 11.2 Å². The van der Waals surface area contributed by atoms with Crippen LogP contribution in [0.3, 0.4) is 0 Å². The van der Waals surface area contributed by atoms with Crippen LogP contribution in [0.15, 0.2) is 40.2 Å². The summed E-state index contributed by atoms with van der Waals surface area (Å²) in [6.45, 7) is 1.87. The van der Waals surface area contributed by atoms with Crippen molar-refractivity contribution in [3.63, 3.8) is 0 Å². The van der Waals surface area contributed by atoms with Gasteiger partial charge < -0.3 is 4.57 Å². The maximum Gasteiger partial charge on any atom is 0.332 e. The minimum Gasteiger partial charge on any atom is -0.328 e. The Balaban J connectivity index is 1.45. The number of fused-ring (bicyclic) bond motifs is 2. The highest BCUT2D eigenvalue weighted by molar-refractivity contribution is 7.18. The van der Waals surface area contributed by atoms with Gasteiger partial charge in [0.25, 0.3) is 5.56 Å². The molecule has 0 atom stereocenters. The van der Waals surface area contributed by atoms with E-state index in [2.05, 4.69) is 20.9 Å². The Morgan fingerprint density at radius 1 is 1.18 bits per heavy atom. The number of nitrogens with zero attached hydrogens (tertiary/aromatic N) is 6. The maximum absolute atomic E-state index is 12.7. The van der Waals surface area contributed by atoms with Gasteiger partial charge in [-0.05, 0) is 32.1 Å². The zero-order valence-electron chi connectivity index (χ0n) is 16.1. The first kappa shape index (κ1) is 18.6. The van der Waals surface area contributed by atoms with Crippen molar-refractivity contribution >= 4 is 32.7 Å². The zero-order valence-corrected chi connectivity index (χ0v) is 16.9. The average molecular weight is 398 g/mol. The van der Waals surface area contributed by atoms with Crippen molar-refractivity contribution in [2.75, 3.05) is 13.6 Å². The van der Waals surface area contributed by atoms with Crippen LogP contribution in [0, 0.1) is 0 Å². The molecule has 0 bridgehead atoms. The predicted octanol–water partition coefficient (Wildman–Crippen LogP) is 1.57. The highest BCUT2D eigenvalue weighted by atomic mass is 32.1. The highest BCUT2D eigenvalue weighted by Gasteiger charge is 2.15. The molecule has 0 unspecified atom stereocenters. The molecule has 1 aromatic carbocycles. The third-order valence-corrected chi connectivity index (χ3v) is 5.89. The van der Waals surface area contributed by atoms with Crippen LogP contribution in [0.5, 0.6) is 0 Å². The SMILES string of the molecule is CN(CCCn1c(=O)c2c(ncn2C)n(C)c1=O)Cc1nc2ccccc2s1. The van der Waals surface area contributed by atoms with Crippen LogP contribution in [0.1, 0.15) is 11.4 Å². The maximum atomic E-state index is 12.7. The van der Waals surface area contributed by atoms with Crippen molar-refractivity contribution in [1.29, 1.82) is 0 Å². The minimum atomic E-state index is -0.329. The summed E-state index contributed by atoms with van der Waals surface area (Å²) in [7, 11) is 5.43. The Kier molecular flexibility index (Phi) is 4.86. The minimum absolute atomic E-state index is 0.285. The molecular weight excluding hydrogens is 376 g/mol. The van der Waals surface area contributed by atoms with E-state index in [0.29, 0.717) is 24.1 Å². The summed E-state index contributed by atoms with van der Waals surface area (Å²) in [6.07, 6.45) is 2.25. The molecule has 0 aliphatic rings. The summed E-state index contributed by atoms with van der Waals surface area (Å²) in [5.74, 6) is 0. The third-order valence-electron chi connectivity index (χ3n) is 4.87. The Morgan fingerprint density at radius 3 is 2.75 bits per heavy atom. The van der Waals surface area contributed by atoms with Gasteiger partial charge in [-0.2, -0.15) is 0 Å². The standard InChI is InChI=1S/C19H22N6O2S/c1-22(11-15-21-13-7-4-5-8-14(13)28-15)9-6-10-25-18(26)16-17(20-12-23(16)2)24(3)19(25)27/h4-5,7-8,12H,6,9-11H2,1-3H3. The molecule has 0 amide bonds. The fraction of sp³-hybridized carbons (Fsp3) is 0.368. The topological polar surface area (TPSA) is 78.0 Å². The third kappa shape index (κ3) is 3.27. The second-order valence-corrected chi connectivity index (χ2v) is 8.11. The summed E-state index contributed by atoms with van der Waals surface area (Å²) in [5.41, 5.74) is 1.28. The van der Waals surface area contributed by atoms with Crippen LogP contribution < -0.4 is 11.2 Å². The van der Waals surface area contributed by atoms with E-state index in [4.69, 9.17) is 0 Å². The van der Waals surface area contributed by atoms with E-state index in [9.17, 15) is 9.59 Å². The van der Waals surface area contributed by atoms with Gasteiger partial charge in [0.05, 0.1) is 23.1 Å². The summed E-state index contributed by atoms with van der Waals surface area (Å²) in [6, 6.07) is 8.11. The number of aromatic nitrogens is 5. The van der Waals surface area contributed by atoms with Gasteiger partial charge in [0.1, 0.15) is 5.01 Å². The van der Waals surface area contributed by atoms with Gasteiger partial charge in [0, 0.05) is 20.6 Å². The van der Waals surface area contributed by atoms with Crippen LogP contribution in [0.4, 0.5) is 0 Å². The van der Waals surface area contributed by atoms with Crippen molar-refractivity contribution in [2.24, 2.45) is 14.1 Å². The van der Waals surface area contributed by atoms with Gasteiger partial charge in [-0.15, -0.1) is 11.3 Å². The lowest BCUT2D eigenvalue weighted by atomic mass is 10.3. The largest absolute Gasteiger partial charge is 0.332 e. The van der Waals surface area contributed by atoms with E-state index in [1.54, 1.807) is 36.3 Å². The lowest BCUT2D eigenvalue weighted by Gasteiger charge is -2.15. The fourth-order valence-corrected chi connectivity index (χ4v) is 4.44. The molecule has 8 nitrogen and oxygen atoms in total. The number of para-hydroxylation sites is 1. The molecule has 0 saturated carbocycles. The van der Waals surface area contributed by atoms with Crippen molar-refractivity contribution in [3.8, 4) is 0 Å². The average Bonchev–Trinajstić information content (AvgIpc) is 3.25. The molecule has 3 aromatic heterocycles. The molecule has 0 aliphatic heterocycles. The highest BCUT2D eigenvalue weighted by Crippen LogP contribution is 2.22. The molecule has 28 heavy (non-hydrogen) atoms. The molecule has 0 saturated heterocycles. The Hall–Kier alpha value is -2.78. The van der Waals surface area contributed by atoms with Gasteiger partial charge in [-0.25, -0.2) is 14.8 Å². The van der Waals surface area contributed by atoms with E-state index < -0.39 is 0 Å². The molecule has 0 fully saturated rings. The van der Waals surface area contributed by atoms with E-state index in [1.807, 2.05) is 25.2 Å². The second kappa shape index (κ2) is 7.33. The molecule has 3 heterocycles. The zero-order chi connectivity index (χ0) is 19.8. The van der Waals surface area contributed by atoms with Gasteiger partial charge in [-0.3, -0.25) is 18.8 Å². The number of hydrogen-bond donors (Lipinski definition) is 0. The van der Waals surface area contributed by atoms with Gasteiger partial charge >= 0.3 is 5.69 Å². The Morgan fingerprint density at radius 2 is 1.96 bits per heavy atom. The van der Waals surface area contributed by atoms with Crippen molar-refractivity contribution < 1.29 is 0 Å². The van der Waals surface area contributed by atoms with Crippen molar-refractivity contribution in [3.05, 3.63) is 56.4 Å². The molecule has 0 spiro atoms. The molecule has 0 N–H and O–H groups in total. The van der Waals surface area contributed by atoms with Crippen molar-refractivity contribution in [2.45, 2.75) is 19.5 Å². The number of hydrogen-bond acceptors (Lipinski definition) is 6. The molecule has 0 radical (unpaired) electrons. The normalized spacial score (nSPS) is 11.9. The van der Waals surface area contributed by atoms with Gasteiger partial charge in [0.2, 0.25) is 0 Å². The first-order chi connectivity index (χ1) is 13.5. The first-order valence-corrected chi connectivity index (χ1v) is 9.91. The first-order valence-electron chi connectivity index (χ1n) is 9.09. The fourth-order valence-electron chi connectivity index (χ4n) is 3.39. The predicted molar refractivity (Wildman–Crippen MR) is 111 cm³/mol. The smallest absolute Gasteiger partial charge is 0.328 e. The van der Waals surface area contributed by atoms with Crippen LogP contribution in [0.25, 0.3) is 21.4 Å². The summed E-state index contributed by atoms with van der Waals surface area (Å²) in [5, 5.41) is 1.06. The molecule has 9 heteroatoms. The molecule has 146 valence electrons. The number of aryl methyl sites for hydroxylation is 2. The monoisotopic (exact) mass is 398 g/mol. The van der Waals surface area contributed by atoms with E-state index in [0.717, 1.165) is 23.6 Å².